The molecular formula is C24H24FN4O2+. The van der Waals surface area contributed by atoms with Crippen LogP contribution in [-0.2, 0) is 9.59 Å². The quantitative estimate of drug-likeness (QED) is 0.620. The summed E-state index contributed by atoms with van der Waals surface area (Å²) in [4.78, 5) is 32.2. The van der Waals surface area contributed by atoms with E-state index in [9.17, 15) is 14.0 Å². The molecule has 0 radical (unpaired) electrons. The molecule has 0 spiro atoms. The van der Waals surface area contributed by atoms with Crippen molar-refractivity contribution in [2.24, 2.45) is 0 Å². The standard InChI is InChI=1S/C24H23FN4O2/c25-19-6-9-21(10-7-19)27-23(30)17-28-13-15-29(16-14-28)24(31)12-11-20-8-5-18-3-1-2-4-22(18)26-20/h1-12H,13-17H2,(H,27,30)/p+1/b12-11+. The SMILES string of the molecule is O=C(C[NH+]1CCN(C(=O)/C=C/c2ccc3ccccc3n2)CC1)Nc1ccc(F)cc1. The van der Waals surface area contributed by atoms with E-state index in [-0.39, 0.29) is 17.6 Å². The highest BCUT2D eigenvalue weighted by Crippen LogP contribution is 2.12. The summed E-state index contributed by atoms with van der Waals surface area (Å²) in [7, 11) is 0. The predicted molar refractivity (Wildman–Crippen MR) is 118 cm³/mol. The molecule has 2 amide bonds. The summed E-state index contributed by atoms with van der Waals surface area (Å²) >= 11 is 0. The maximum Gasteiger partial charge on any atom is 0.279 e. The van der Waals surface area contributed by atoms with Crippen LogP contribution in [0.5, 0.6) is 0 Å². The Kier molecular flexibility index (Phi) is 6.33. The lowest BCUT2D eigenvalue weighted by atomic mass is 10.2. The van der Waals surface area contributed by atoms with Crippen molar-refractivity contribution in [2.75, 3.05) is 38.0 Å². The molecule has 0 atom stereocenters. The Morgan fingerprint density at radius 2 is 1.77 bits per heavy atom. The van der Waals surface area contributed by atoms with Gasteiger partial charge in [0.25, 0.3) is 5.91 Å². The molecule has 2 heterocycles. The Hall–Kier alpha value is -3.58. The molecule has 1 aliphatic heterocycles. The summed E-state index contributed by atoms with van der Waals surface area (Å²) in [5.74, 6) is -0.511. The number of quaternary nitrogens is 1. The number of hydrogen-bond donors (Lipinski definition) is 2. The van der Waals surface area contributed by atoms with E-state index in [4.69, 9.17) is 0 Å². The maximum absolute atomic E-state index is 13.0. The van der Waals surface area contributed by atoms with Crippen LogP contribution in [0.25, 0.3) is 17.0 Å². The summed E-state index contributed by atoms with van der Waals surface area (Å²) in [5, 5.41) is 3.84. The number of anilines is 1. The zero-order valence-electron chi connectivity index (χ0n) is 17.1. The smallest absolute Gasteiger partial charge is 0.279 e. The fraction of sp³-hybridized carbons (Fsp3) is 0.208. The number of piperazine rings is 1. The molecule has 0 bridgehead atoms. The zero-order valence-corrected chi connectivity index (χ0v) is 17.1. The van der Waals surface area contributed by atoms with Crippen molar-refractivity contribution in [3.63, 3.8) is 0 Å². The van der Waals surface area contributed by atoms with Crippen molar-refractivity contribution in [3.8, 4) is 0 Å². The summed E-state index contributed by atoms with van der Waals surface area (Å²) in [5.41, 5.74) is 2.22. The minimum Gasteiger partial charge on any atom is -0.328 e. The average Bonchev–Trinajstić information content (AvgIpc) is 2.79. The lowest BCUT2D eigenvalue weighted by Crippen LogP contribution is -3.15. The van der Waals surface area contributed by atoms with Crippen molar-refractivity contribution < 1.29 is 18.9 Å². The number of fused-ring (bicyclic) bond motifs is 1. The molecule has 1 aromatic heterocycles. The number of carbonyl (C=O) groups is 2. The second kappa shape index (κ2) is 9.49. The molecule has 2 N–H and O–H groups in total. The van der Waals surface area contributed by atoms with E-state index in [2.05, 4.69) is 10.3 Å². The van der Waals surface area contributed by atoms with Crippen LogP contribution in [0.2, 0.25) is 0 Å². The van der Waals surface area contributed by atoms with E-state index in [0.717, 1.165) is 21.5 Å². The molecule has 6 nitrogen and oxygen atoms in total. The topological polar surface area (TPSA) is 66.7 Å². The van der Waals surface area contributed by atoms with Crippen LogP contribution in [0.1, 0.15) is 5.69 Å². The number of carbonyl (C=O) groups excluding carboxylic acids is 2. The maximum atomic E-state index is 13.0. The number of nitrogens with one attached hydrogen (secondary N) is 2. The molecule has 31 heavy (non-hydrogen) atoms. The van der Waals surface area contributed by atoms with Gasteiger partial charge in [0.05, 0.1) is 37.4 Å². The highest BCUT2D eigenvalue weighted by molar-refractivity contribution is 5.92. The zero-order chi connectivity index (χ0) is 21.6. The first-order valence-electron chi connectivity index (χ1n) is 10.3. The first-order valence-corrected chi connectivity index (χ1v) is 10.3. The molecule has 1 fully saturated rings. The number of hydrogen-bond acceptors (Lipinski definition) is 3. The first-order chi connectivity index (χ1) is 15.1. The van der Waals surface area contributed by atoms with Gasteiger partial charge in [-0.05, 0) is 42.5 Å². The van der Waals surface area contributed by atoms with Crippen LogP contribution in [0.15, 0.2) is 66.7 Å². The molecule has 1 aliphatic rings. The molecule has 0 unspecified atom stereocenters. The monoisotopic (exact) mass is 419 g/mol. The molecule has 1 saturated heterocycles. The van der Waals surface area contributed by atoms with Gasteiger partial charge in [0.2, 0.25) is 5.91 Å². The molecule has 7 heteroatoms. The lowest BCUT2D eigenvalue weighted by Gasteiger charge is -2.31. The Bertz CT molecular complexity index is 1110. The number of rotatable bonds is 5. The summed E-state index contributed by atoms with van der Waals surface area (Å²) < 4.78 is 13.0. The fourth-order valence-electron chi connectivity index (χ4n) is 3.62. The Morgan fingerprint density at radius 3 is 2.55 bits per heavy atom. The molecule has 3 aromatic rings. The van der Waals surface area contributed by atoms with E-state index in [1.807, 2.05) is 36.4 Å². The summed E-state index contributed by atoms with van der Waals surface area (Å²) in [6.07, 6.45) is 3.30. The van der Waals surface area contributed by atoms with E-state index < -0.39 is 0 Å². The van der Waals surface area contributed by atoms with Crippen LogP contribution < -0.4 is 10.2 Å². The number of para-hydroxylation sites is 1. The van der Waals surface area contributed by atoms with Crippen molar-refractivity contribution in [2.45, 2.75) is 0 Å². The molecule has 158 valence electrons. The molecule has 4 rings (SSSR count). The normalized spacial score (nSPS) is 14.8. The van der Waals surface area contributed by atoms with Crippen molar-refractivity contribution >= 4 is 34.5 Å². The molecule has 0 saturated carbocycles. The van der Waals surface area contributed by atoms with E-state index in [1.165, 1.54) is 24.3 Å². The third kappa shape index (κ3) is 5.52. The third-order valence-electron chi connectivity index (χ3n) is 5.34. The van der Waals surface area contributed by atoms with Gasteiger partial charge in [-0.2, -0.15) is 0 Å². The van der Waals surface area contributed by atoms with E-state index in [0.29, 0.717) is 38.4 Å². The lowest BCUT2D eigenvalue weighted by molar-refractivity contribution is -0.895. The minimum absolute atomic E-state index is 0.0511. The summed E-state index contributed by atoms with van der Waals surface area (Å²) in [6, 6.07) is 17.4. The van der Waals surface area contributed by atoms with Gasteiger partial charge in [-0.25, -0.2) is 9.37 Å². The number of benzene rings is 2. The average molecular weight is 419 g/mol. The van der Waals surface area contributed by atoms with Gasteiger partial charge in [0.15, 0.2) is 6.54 Å². The third-order valence-corrected chi connectivity index (χ3v) is 5.34. The number of nitrogens with zero attached hydrogens (tertiary/aromatic N) is 2. The predicted octanol–water partition coefficient (Wildman–Crippen LogP) is 1.75. The fourth-order valence-corrected chi connectivity index (χ4v) is 3.62. The van der Waals surface area contributed by atoms with Crippen molar-refractivity contribution in [1.82, 2.24) is 9.88 Å². The second-order valence-corrected chi connectivity index (χ2v) is 7.57. The van der Waals surface area contributed by atoms with Gasteiger partial charge in [0.1, 0.15) is 5.82 Å². The van der Waals surface area contributed by atoms with Crippen LogP contribution in [0.3, 0.4) is 0 Å². The number of amides is 2. The molecule has 2 aromatic carbocycles. The van der Waals surface area contributed by atoms with Gasteiger partial charge in [-0.3, -0.25) is 9.59 Å². The number of halogens is 1. The molecule has 0 aliphatic carbocycles. The Balaban J connectivity index is 1.25. The van der Waals surface area contributed by atoms with Gasteiger partial charge in [-0.1, -0.05) is 24.3 Å². The van der Waals surface area contributed by atoms with Crippen LogP contribution in [0.4, 0.5) is 10.1 Å². The van der Waals surface area contributed by atoms with Gasteiger partial charge >= 0.3 is 0 Å². The van der Waals surface area contributed by atoms with Gasteiger partial charge in [0, 0.05) is 17.1 Å². The van der Waals surface area contributed by atoms with Crippen molar-refractivity contribution in [3.05, 3.63) is 78.3 Å². The highest BCUT2D eigenvalue weighted by Gasteiger charge is 2.24. The van der Waals surface area contributed by atoms with Crippen LogP contribution in [-0.4, -0.2) is 54.4 Å². The number of pyridine rings is 1. The number of aromatic nitrogens is 1. The summed E-state index contributed by atoms with van der Waals surface area (Å²) in [6.45, 7) is 2.90. The van der Waals surface area contributed by atoms with Gasteiger partial charge in [-0.15, -0.1) is 0 Å². The highest BCUT2D eigenvalue weighted by atomic mass is 19.1. The Labute approximate surface area is 180 Å². The van der Waals surface area contributed by atoms with E-state index in [1.54, 1.807) is 17.1 Å². The molecular weight excluding hydrogens is 395 g/mol. The van der Waals surface area contributed by atoms with Crippen LogP contribution >= 0.6 is 0 Å². The second-order valence-electron chi connectivity index (χ2n) is 7.57. The van der Waals surface area contributed by atoms with Crippen LogP contribution in [0, 0.1) is 5.82 Å². The minimum atomic E-state index is -0.338. The largest absolute Gasteiger partial charge is 0.328 e. The van der Waals surface area contributed by atoms with E-state index >= 15 is 0 Å². The first kappa shape index (κ1) is 20.7. The van der Waals surface area contributed by atoms with Crippen molar-refractivity contribution in [1.29, 1.82) is 0 Å². The Morgan fingerprint density at radius 1 is 1.03 bits per heavy atom. The van der Waals surface area contributed by atoms with Gasteiger partial charge < -0.3 is 15.1 Å².